The number of carbonyl (C=O) groups is 3. The Morgan fingerprint density at radius 1 is 0.511 bits per heavy atom. The summed E-state index contributed by atoms with van der Waals surface area (Å²) in [5, 5.41) is 51.4. The molecular formula is C30H60N6O9. The van der Waals surface area contributed by atoms with Gasteiger partial charge in [-0.3, -0.25) is 0 Å². The fourth-order valence-electron chi connectivity index (χ4n) is 3.77. The molecule has 0 heterocycles. The summed E-state index contributed by atoms with van der Waals surface area (Å²) in [6, 6.07) is 3.96. The molecule has 15 nitrogen and oxygen atoms in total. The standard InChI is InChI=1S/C9H6O6.3C7H18N2O/c10-7(11)4-2-1-3-5(8(12)13)6(4)9(14)15;3*8-5-1-3-7(9)4-2-6-10/h1-3H,(H,10,11)(H,12,13)(H,14,15);3*7,10H,1-6,8-9H2. The van der Waals surface area contributed by atoms with Gasteiger partial charge in [0.05, 0.1) is 16.7 Å². The lowest BCUT2D eigenvalue weighted by Gasteiger charge is -2.08. The molecule has 1 aromatic rings. The molecule has 0 aliphatic rings. The molecule has 0 spiro atoms. The molecule has 264 valence electrons. The molecule has 0 aliphatic heterocycles. The van der Waals surface area contributed by atoms with Gasteiger partial charge in [0.2, 0.25) is 0 Å². The number of aliphatic hydroxyl groups is 3. The first kappa shape index (κ1) is 46.7. The van der Waals surface area contributed by atoms with Crippen LogP contribution in [0.2, 0.25) is 0 Å². The van der Waals surface area contributed by atoms with Crippen molar-refractivity contribution in [2.75, 3.05) is 39.5 Å². The smallest absolute Gasteiger partial charge is 0.337 e. The Bertz CT molecular complexity index is 781. The highest BCUT2D eigenvalue weighted by Crippen LogP contribution is 2.15. The molecule has 15 heteroatoms. The number of nitrogens with two attached hydrogens (primary N) is 6. The number of carboxylic acid groups (broad SMARTS) is 3. The third-order valence-electron chi connectivity index (χ3n) is 6.28. The van der Waals surface area contributed by atoms with Crippen molar-refractivity contribution >= 4 is 17.9 Å². The molecule has 0 saturated heterocycles. The Morgan fingerprint density at radius 3 is 0.978 bits per heavy atom. The highest BCUT2D eigenvalue weighted by molar-refractivity contribution is 6.09. The van der Waals surface area contributed by atoms with Crippen LogP contribution in [0.1, 0.15) is 108 Å². The van der Waals surface area contributed by atoms with Gasteiger partial charge in [-0.25, -0.2) is 14.4 Å². The zero-order valence-electron chi connectivity index (χ0n) is 26.6. The van der Waals surface area contributed by atoms with Crippen LogP contribution in [0.15, 0.2) is 18.2 Å². The van der Waals surface area contributed by atoms with Crippen LogP contribution in [0.4, 0.5) is 0 Å². The van der Waals surface area contributed by atoms with E-state index >= 15 is 0 Å². The number of rotatable bonds is 21. The summed E-state index contributed by atoms with van der Waals surface area (Å²) in [5.74, 6) is -4.53. The molecule has 3 atom stereocenters. The van der Waals surface area contributed by atoms with Gasteiger partial charge in [-0.1, -0.05) is 6.07 Å². The van der Waals surface area contributed by atoms with Crippen LogP contribution in [-0.4, -0.2) is 106 Å². The van der Waals surface area contributed by atoms with E-state index in [1.54, 1.807) is 0 Å². The number of aliphatic hydroxyl groups excluding tert-OH is 3. The van der Waals surface area contributed by atoms with E-state index in [0.29, 0.717) is 19.6 Å². The van der Waals surface area contributed by atoms with Crippen LogP contribution in [0.5, 0.6) is 0 Å². The van der Waals surface area contributed by atoms with E-state index in [1.165, 1.54) is 6.07 Å². The van der Waals surface area contributed by atoms with Crippen LogP contribution < -0.4 is 34.4 Å². The van der Waals surface area contributed by atoms with Crippen LogP contribution >= 0.6 is 0 Å². The maximum Gasteiger partial charge on any atom is 0.337 e. The first-order valence-corrected chi connectivity index (χ1v) is 15.4. The van der Waals surface area contributed by atoms with Crippen molar-refractivity contribution in [3.63, 3.8) is 0 Å². The summed E-state index contributed by atoms with van der Waals surface area (Å²) < 4.78 is 0. The largest absolute Gasteiger partial charge is 0.478 e. The maximum absolute atomic E-state index is 10.7. The van der Waals surface area contributed by atoms with Gasteiger partial charge in [-0.15, -0.1) is 0 Å². The van der Waals surface area contributed by atoms with Gasteiger partial charge < -0.3 is 65.0 Å². The molecule has 45 heavy (non-hydrogen) atoms. The summed E-state index contributed by atoms with van der Waals surface area (Å²) >= 11 is 0. The lowest BCUT2D eigenvalue weighted by molar-refractivity contribution is 0.0633. The second-order valence-corrected chi connectivity index (χ2v) is 10.3. The molecule has 0 aliphatic carbocycles. The van der Waals surface area contributed by atoms with Gasteiger partial charge in [0.25, 0.3) is 0 Å². The molecule has 3 unspecified atom stereocenters. The van der Waals surface area contributed by atoms with Crippen molar-refractivity contribution in [3.8, 4) is 0 Å². The Morgan fingerprint density at radius 2 is 0.778 bits per heavy atom. The minimum absolute atomic E-state index is 0.232. The predicted molar refractivity (Wildman–Crippen MR) is 175 cm³/mol. The zero-order valence-corrected chi connectivity index (χ0v) is 26.6. The maximum atomic E-state index is 10.7. The van der Waals surface area contributed by atoms with Crippen molar-refractivity contribution in [2.45, 2.75) is 95.2 Å². The average molecular weight is 649 g/mol. The highest BCUT2D eigenvalue weighted by atomic mass is 16.4. The Hall–Kier alpha value is -2.73. The Kier molecular flexibility index (Phi) is 33.9. The molecule has 0 fully saturated rings. The topological polar surface area (TPSA) is 329 Å². The van der Waals surface area contributed by atoms with Gasteiger partial charge in [-0.05, 0) is 109 Å². The average Bonchev–Trinajstić information content (AvgIpc) is 3.02. The van der Waals surface area contributed by atoms with Crippen molar-refractivity contribution in [1.82, 2.24) is 0 Å². The second kappa shape index (κ2) is 32.7. The summed E-state index contributed by atoms with van der Waals surface area (Å²) in [6.45, 7) is 2.88. The molecule has 18 N–H and O–H groups in total. The summed E-state index contributed by atoms with van der Waals surface area (Å²) in [7, 11) is 0. The van der Waals surface area contributed by atoms with E-state index < -0.39 is 34.6 Å². The van der Waals surface area contributed by atoms with Gasteiger partial charge in [-0.2, -0.15) is 0 Å². The summed E-state index contributed by atoms with van der Waals surface area (Å²) in [6.07, 6.45) is 11.1. The number of aromatic carboxylic acids is 3. The van der Waals surface area contributed by atoms with Gasteiger partial charge >= 0.3 is 17.9 Å². The molecular weight excluding hydrogens is 588 g/mol. The summed E-state index contributed by atoms with van der Waals surface area (Å²) in [5.41, 5.74) is 31.1. The third kappa shape index (κ3) is 28.5. The lowest BCUT2D eigenvalue weighted by Crippen LogP contribution is -2.21. The quantitative estimate of drug-likeness (QED) is 0.0850. The predicted octanol–water partition coefficient (Wildman–Crippen LogP) is 0.257. The minimum Gasteiger partial charge on any atom is -0.478 e. The summed E-state index contributed by atoms with van der Waals surface area (Å²) in [4.78, 5) is 32.0. The monoisotopic (exact) mass is 648 g/mol. The number of hydrogen-bond acceptors (Lipinski definition) is 12. The fraction of sp³-hybridized carbons (Fsp3) is 0.700. The SMILES string of the molecule is NCCCC(N)CCCO.NCCCC(N)CCCO.NCCCC(N)CCCO.O=C(O)c1cccc(C(=O)O)c1C(=O)O. The second-order valence-electron chi connectivity index (χ2n) is 10.3. The third-order valence-corrected chi connectivity index (χ3v) is 6.28. The molecule has 1 aromatic carbocycles. The highest BCUT2D eigenvalue weighted by Gasteiger charge is 2.23. The Balaban J connectivity index is -0.000000534. The van der Waals surface area contributed by atoms with Gasteiger partial charge in [0.1, 0.15) is 0 Å². The van der Waals surface area contributed by atoms with Crippen LogP contribution in [0.3, 0.4) is 0 Å². The normalized spacial score (nSPS) is 12.2. The van der Waals surface area contributed by atoms with E-state index in [2.05, 4.69) is 0 Å². The van der Waals surface area contributed by atoms with Crippen LogP contribution in [-0.2, 0) is 0 Å². The minimum atomic E-state index is -1.58. The molecule has 0 amide bonds. The Labute approximate surface area is 266 Å². The number of benzene rings is 1. The fourth-order valence-corrected chi connectivity index (χ4v) is 3.77. The first-order valence-electron chi connectivity index (χ1n) is 15.4. The van der Waals surface area contributed by atoms with E-state index in [0.717, 1.165) is 89.2 Å². The number of carboxylic acids is 3. The van der Waals surface area contributed by atoms with E-state index in [1.807, 2.05) is 0 Å². The van der Waals surface area contributed by atoms with Crippen LogP contribution in [0, 0.1) is 0 Å². The molecule has 0 saturated carbocycles. The molecule has 0 bridgehead atoms. The van der Waals surface area contributed by atoms with Crippen LogP contribution in [0.25, 0.3) is 0 Å². The zero-order chi connectivity index (χ0) is 35.0. The molecule has 0 radical (unpaired) electrons. The van der Waals surface area contributed by atoms with Gasteiger partial charge in [0.15, 0.2) is 0 Å². The van der Waals surface area contributed by atoms with Crippen molar-refractivity contribution in [3.05, 3.63) is 34.9 Å². The molecule has 1 rings (SSSR count). The molecule has 0 aromatic heterocycles. The van der Waals surface area contributed by atoms with Crippen molar-refractivity contribution in [2.24, 2.45) is 34.4 Å². The van der Waals surface area contributed by atoms with Crippen molar-refractivity contribution in [1.29, 1.82) is 0 Å². The van der Waals surface area contributed by atoms with E-state index in [9.17, 15) is 14.4 Å². The van der Waals surface area contributed by atoms with E-state index in [4.69, 9.17) is 65.0 Å². The van der Waals surface area contributed by atoms with Crippen molar-refractivity contribution < 1.29 is 45.0 Å². The lowest BCUT2D eigenvalue weighted by atomic mass is 10.0. The van der Waals surface area contributed by atoms with Gasteiger partial charge in [0, 0.05) is 37.9 Å². The number of hydrogen-bond donors (Lipinski definition) is 12. The van der Waals surface area contributed by atoms with E-state index in [-0.39, 0.29) is 37.9 Å². The first-order chi connectivity index (χ1) is 21.4.